The number of carbonyl (C=O) groups excluding carboxylic acids is 1. The molecule has 1 saturated carbocycles. The number of nitrogens with one attached hydrogen (secondary N) is 1. The zero-order chi connectivity index (χ0) is 16.9. The van der Waals surface area contributed by atoms with Gasteiger partial charge >= 0.3 is 0 Å². The number of tetrazole rings is 1. The summed E-state index contributed by atoms with van der Waals surface area (Å²) >= 11 is 7.27. The van der Waals surface area contributed by atoms with Crippen molar-refractivity contribution in [3.63, 3.8) is 0 Å². The molecule has 1 fully saturated rings. The van der Waals surface area contributed by atoms with Crippen molar-refractivity contribution in [3.05, 3.63) is 28.8 Å². The van der Waals surface area contributed by atoms with Crippen LogP contribution in [0.4, 0.5) is 5.69 Å². The second kappa shape index (κ2) is 7.64. The Morgan fingerprint density at radius 3 is 2.96 bits per heavy atom. The molecule has 7 nitrogen and oxygen atoms in total. The van der Waals surface area contributed by atoms with Gasteiger partial charge in [0.2, 0.25) is 11.1 Å². The SMILES string of the molecule is N#Cc1ccc(NC(=O)CSc2nnnn2C2CCCC2)cc1Cl. The lowest BCUT2D eigenvalue weighted by Crippen LogP contribution is -2.15. The molecule has 0 radical (unpaired) electrons. The number of hydrogen-bond donors (Lipinski definition) is 1. The predicted octanol–water partition coefficient (Wildman–Crippen LogP) is 3.04. The third kappa shape index (κ3) is 3.86. The van der Waals surface area contributed by atoms with Gasteiger partial charge < -0.3 is 5.32 Å². The van der Waals surface area contributed by atoms with E-state index in [4.69, 9.17) is 16.9 Å². The molecular weight excluding hydrogens is 348 g/mol. The molecule has 0 atom stereocenters. The van der Waals surface area contributed by atoms with E-state index in [1.165, 1.54) is 24.6 Å². The molecule has 1 aromatic heterocycles. The van der Waals surface area contributed by atoms with Crippen molar-refractivity contribution in [3.8, 4) is 6.07 Å². The number of anilines is 1. The van der Waals surface area contributed by atoms with Gasteiger partial charge in [0, 0.05) is 5.69 Å². The van der Waals surface area contributed by atoms with Crippen LogP contribution in [0.2, 0.25) is 5.02 Å². The lowest BCUT2D eigenvalue weighted by molar-refractivity contribution is -0.113. The molecule has 0 aliphatic heterocycles. The number of rotatable bonds is 5. The summed E-state index contributed by atoms with van der Waals surface area (Å²) < 4.78 is 1.82. The maximum atomic E-state index is 12.1. The Kier molecular flexibility index (Phi) is 5.33. The monoisotopic (exact) mass is 362 g/mol. The quantitative estimate of drug-likeness (QED) is 0.821. The Bertz CT molecular complexity index is 781. The van der Waals surface area contributed by atoms with Gasteiger partial charge in [-0.05, 0) is 41.5 Å². The van der Waals surface area contributed by atoms with Gasteiger partial charge in [-0.25, -0.2) is 4.68 Å². The van der Waals surface area contributed by atoms with E-state index < -0.39 is 0 Å². The average molecular weight is 363 g/mol. The Hall–Kier alpha value is -2.11. The fraction of sp³-hybridized carbons (Fsp3) is 0.400. The number of nitriles is 1. The van der Waals surface area contributed by atoms with Crippen LogP contribution in [0.5, 0.6) is 0 Å². The molecule has 1 amide bonds. The van der Waals surface area contributed by atoms with Crippen molar-refractivity contribution in [1.29, 1.82) is 5.26 Å². The lowest BCUT2D eigenvalue weighted by Gasteiger charge is -2.10. The van der Waals surface area contributed by atoms with E-state index >= 15 is 0 Å². The number of carbonyl (C=O) groups is 1. The summed E-state index contributed by atoms with van der Waals surface area (Å²) in [5, 5.41) is 24.4. The minimum atomic E-state index is -0.179. The molecule has 0 bridgehead atoms. The van der Waals surface area contributed by atoms with Gasteiger partial charge in [-0.15, -0.1) is 5.10 Å². The number of amides is 1. The van der Waals surface area contributed by atoms with Crippen LogP contribution in [-0.2, 0) is 4.79 Å². The molecule has 1 heterocycles. The van der Waals surface area contributed by atoms with Crippen molar-refractivity contribution in [2.45, 2.75) is 36.9 Å². The molecule has 1 N–H and O–H groups in total. The third-order valence-electron chi connectivity index (χ3n) is 3.84. The minimum absolute atomic E-state index is 0.179. The zero-order valence-corrected chi connectivity index (χ0v) is 14.3. The number of nitrogens with zero attached hydrogens (tertiary/aromatic N) is 5. The Labute approximate surface area is 148 Å². The van der Waals surface area contributed by atoms with Crippen LogP contribution in [0, 0.1) is 11.3 Å². The first-order valence-electron chi connectivity index (χ1n) is 7.57. The van der Waals surface area contributed by atoms with Crippen molar-refractivity contribution in [2.75, 3.05) is 11.1 Å². The highest BCUT2D eigenvalue weighted by molar-refractivity contribution is 7.99. The van der Waals surface area contributed by atoms with Gasteiger partial charge in [0.25, 0.3) is 0 Å². The van der Waals surface area contributed by atoms with Gasteiger partial charge in [-0.2, -0.15) is 5.26 Å². The van der Waals surface area contributed by atoms with E-state index in [0.29, 0.717) is 27.5 Å². The summed E-state index contributed by atoms with van der Waals surface area (Å²) in [6, 6.07) is 7.10. The van der Waals surface area contributed by atoms with Gasteiger partial charge in [0.15, 0.2) is 0 Å². The lowest BCUT2D eigenvalue weighted by atomic mass is 10.2. The molecule has 2 aromatic rings. The van der Waals surface area contributed by atoms with E-state index in [2.05, 4.69) is 20.8 Å². The smallest absolute Gasteiger partial charge is 0.234 e. The summed E-state index contributed by atoms with van der Waals surface area (Å²) in [7, 11) is 0. The van der Waals surface area contributed by atoms with E-state index in [1.54, 1.807) is 18.2 Å². The van der Waals surface area contributed by atoms with Gasteiger partial charge in [0.1, 0.15) is 6.07 Å². The van der Waals surface area contributed by atoms with E-state index in [9.17, 15) is 4.79 Å². The van der Waals surface area contributed by atoms with Crippen molar-refractivity contribution >= 4 is 35.0 Å². The van der Waals surface area contributed by atoms with Crippen molar-refractivity contribution in [1.82, 2.24) is 20.2 Å². The fourth-order valence-corrected chi connectivity index (χ4v) is 3.64. The molecule has 1 aliphatic carbocycles. The topological polar surface area (TPSA) is 96.5 Å². The maximum absolute atomic E-state index is 12.1. The van der Waals surface area contributed by atoms with Crippen LogP contribution in [0.25, 0.3) is 0 Å². The number of thioether (sulfide) groups is 1. The minimum Gasteiger partial charge on any atom is -0.325 e. The van der Waals surface area contributed by atoms with Gasteiger partial charge in [0.05, 0.1) is 22.4 Å². The molecule has 1 aliphatic rings. The molecule has 9 heteroatoms. The highest BCUT2D eigenvalue weighted by Crippen LogP contribution is 2.31. The summed E-state index contributed by atoms with van der Waals surface area (Å²) in [4.78, 5) is 12.1. The normalized spacial score (nSPS) is 14.5. The first-order chi connectivity index (χ1) is 11.7. The second-order valence-electron chi connectivity index (χ2n) is 5.49. The molecule has 0 unspecified atom stereocenters. The summed E-state index contributed by atoms with van der Waals surface area (Å²) in [5.41, 5.74) is 0.930. The van der Waals surface area contributed by atoms with E-state index in [-0.39, 0.29) is 11.7 Å². The van der Waals surface area contributed by atoms with Crippen LogP contribution in [0.15, 0.2) is 23.4 Å². The van der Waals surface area contributed by atoms with Crippen LogP contribution in [0.3, 0.4) is 0 Å². The molecule has 24 heavy (non-hydrogen) atoms. The summed E-state index contributed by atoms with van der Waals surface area (Å²) in [6.07, 6.45) is 4.53. The Morgan fingerprint density at radius 2 is 2.25 bits per heavy atom. The van der Waals surface area contributed by atoms with Crippen LogP contribution in [-0.4, -0.2) is 31.9 Å². The summed E-state index contributed by atoms with van der Waals surface area (Å²) in [5.74, 6) is 0.0202. The highest BCUT2D eigenvalue weighted by Gasteiger charge is 2.22. The van der Waals surface area contributed by atoms with E-state index in [1.807, 2.05) is 10.8 Å². The third-order valence-corrected chi connectivity index (χ3v) is 5.08. The van der Waals surface area contributed by atoms with Gasteiger partial charge in [-0.1, -0.05) is 36.2 Å². The van der Waals surface area contributed by atoms with Crippen LogP contribution >= 0.6 is 23.4 Å². The number of benzene rings is 1. The highest BCUT2D eigenvalue weighted by atomic mass is 35.5. The van der Waals surface area contributed by atoms with Gasteiger partial charge in [-0.3, -0.25) is 4.79 Å². The van der Waals surface area contributed by atoms with Crippen molar-refractivity contribution in [2.24, 2.45) is 0 Å². The second-order valence-corrected chi connectivity index (χ2v) is 6.84. The largest absolute Gasteiger partial charge is 0.325 e. The van der Waals surface area contributed by atoms with Crippen molar-refractivity contribution < 1.29 is 4.79 Å². The van der Waals surface area contributed by atoms with E-state index in [0.717, 1.165) is 12.8 Å². The maximum Gasteiger partial charge on any atom is 0.234 e. The standard InChI is InChI=1S/C15H15ClN6OS/c16-13-7-11(6-5-10(13)8-17)18-14(23)9-24-15-19-20-21-22(15)12-3-1-2-4-12/h5-7,12H,1-4,9H2,(H,18,23). The molecular formula is C15H15ClN6OS. The first kappa shape index (κ1) is 16.7. The van der Waals surface area contributed by atoms with Crippen LogP contribution < -0.4 is 5.32 Å². The first-order valence-corrected chi connectivity index (χ1v) is 8.94. The molecule has 3 rings (SSSR count). The molecule has 0 spiro atoms. The Balaban J connectivity index is 1.57. The molecule has 1 aromatic carbocycles. The number of aromatic nitrogens is 4. The molecule has 124 valence electrons. The predicted molar refractivity (Wildman–Crippen MR) is 90.8 cm³/mol. The number of hydrogen-bond acceptors (Lipinski definition) is 6. The average Bonchev–Trinajstić information content (AvgIpc) is 3.24. The zero-order valence-electron chi connectivity index (χ0n) is 12.8. The summed E-state index contributed by atoms with van der Waals surface area (Å²) in [6.45, 7) is 0. The number of halogens is 1. The Morgan fingerprint density at radius 1 is 1.46 bits per heavy atom. The fourth-order valence-electron chi connectivity index (χ4n) is 2.67. The van der Waals surface area contributed by atoms with Crippen LogP contribution in [0.1, 0.15) is 37.3 Å². The molecule has 0 saturated heterocycles.